The molecule has 3 N–H and O–H groups in total. The normalized spacial score (nSPS) is 39.1. The van der Waals surface area contributed by atoms with E-state index in [4.69, 9.17) is 14.3 Å². The number of allylic oxidation sites excluding steroid dienone is 1. The molecule has 0 aliphatic heterocycles. The summed E-state index contributed by atoms with van der Waals surface area (Å²) in [7, 11) is -9.83. The van der Waals surface area contributed by atoms with Crippen LogP contribution in [-0.2, 0) is 18.0 Å². The molecule has 28 heavy (non-hydrogen) atoms. The third kappa shape index (κ3) is 5.00. The van der Waals surface area contributed by atoms with Gasteiger partial charge in [0, 0.05) is 0 Å². The maximum atomic E-state index is 11.5. The molecule has 0 aromatic carbocycles. The van der Waals surface area contributed by atoms with E-state index >= 15 is 0 Å². The van der Waals surface area contributed by atoms with E-state index < -0.39 is 15.6 Å². The average molecular weight is 436 g/mol. The minimum absolute atomic E-state index is 0.187. The average Bonchev–Trinajstić information content (AvgIpc) is 2.51. The first-order valence-corrected chi connectivity index (χ1v) is 13.3. The van der Waals surface area contributed by atoms with Crippen molar-refractivity contribution >= 4 is 15.6 Å². The quantitative estimate of drug-likeness (QED) is 0.402. The summed E-state index contributed by atoms with van der Waals surface area (Å²) in [4.78, 5) is 26.7. The van der Waals surface area contributed by atoms with Crippen LogP contribution in [0.25, 0.3) is 0 Å². The highest BCUT2D eigenvalue weighted by Crippen LogP contribution is 2.64. The molecule has 5 atom stereocenters. The Labute approximate surface area is 167 Å². The standard InChI is InChI=1S/C19H34O7P2/c1-18(2)10-4-11-19(3)16-7-5-14(13-15(16)6-8-17(18)19)9-12-25-28(23,24)26-27(20,21)22/h9,15-17H,4-8,10-13H2,1-3H3,(H,23,24)(H2,20,21,22)/b14-9-/t15?,16-,17-,19+/m1/s1. The number of hydrogen-bond donors (Lipinski definition) is 3. The molecule has 0 amide bonds. The highest BCUT2D eigenvalue weighted by atomic mass is 31.3. The van der Waals surface area contributed by atoms with Gasteiger partial charge in [0.15, 0.2) is 0 Å². The summed E-state index contributed by atoms with van der Waals surface area (Å²) in [6.45, 7) is 7.20. The Hall–Kier alpha value is -0.0000000000000000416. The molecule has 3 rings (SSSR count). The lowest BCUT2D eigenvalue weighted by Gasteiger charge is -2.60. The minimum Gasteiger partial charge on any atom is -0.302 e. The molecule has 2 unspecified atom stereocenters. The van der Waals surface area contributed by atoms with E-state index in [1.54, 1.807) is 6.08 Å². The molecule has 0 aromatic rings. The van der Waals surface area contributed by atoms with Gasteiger partial charge in [-0.05, 0) is 73.5 Å². The van der Waals surface area contributed by atoms with Gasteiger partial charge in [0.25, 0.3) is 0 Å². The zero-order valence-corrected chi connectivity index (χ0v) is 18.8. The van der Waals surface area contributed by atoms with Crippen molar-refractivity contribution in [2.45, 2.75) is 72.1 Å². The predicted octanol–water partition coefficient (Wildman–Crippen LogP) is 5.18. The number of hydrogen-bond acceptors (Lipinski definition) is 4. The summed E-state index contributed by atoms with van der Waals surface area (Å²) in [5.41, 5.74) is 2.03. The van der Waals surface area contributed by atoms with Crippen LogP contribution in [0.5, 0.6) is 0 Å². The molecule has 3 aliphatic carbocycles. The Morgan fingerprint density at radius 2 is 1.82 bits per heavy atom. The Morgan fingerprint density at radius 3 is 2.50 bits per heavy atom. The minimum atomic E-state index is -5.07. The fraction of sp³-hybridized carbons (Fsp3) is 0.895. The van der Waals surface area contributed by atoms with Crippen molar-refractivity contribution in [3.8, 4) is 0 Å². The van der Waals surface area contributed by atoms with Gasteiger partial charge in [-0.1, -0.05) is 38.8 Å². The highest BCUT2D eigenvalue weighted by molar-refractivity contribution is 7.60. The van der Waals surface area contributed by atoms with Crippen LogP contribution in [0.3, 0.4) is 0 Å². The van der Waals surface area contributed by atoms with Crippen molar-refractivity contribution in [3.05, 3.63) is 11.6 Å². The number of fused-ring (bicyclic) bond motifs is 3. The van der Waals surface area contributed by atoms with Gasteiger partial charge in [-0.25, -0.2) is 9.13 Å². The Bertz CT molecular complexity index is 713. The van der Waals surface area contributed by atoms with Crippen LogP contribution < -0.4 is 0 Å². The highest BCUT2D eigenvalue weighted by Gasteiger charge is 2.54. The molecular weight excluding hydrogens is 402 g/mol. The predicted molar refractivity (Wildman–Crippen MR) is 106 cm³/mol. The van der Waals surface area contributed by atoms with Crippen LogP contribution in [0.2, 0.25) is 0 Å². The van der Waals surface area contributed by atoms with Crippen LogP contribution in [0.4, 0.5) is 0 Å². The van der Waals surface area contributed by atoms with E-state index in [2.05, 4.69) is 25.1 Å². The molecule has 7 nitrogen and oxygen atoms in total. The van der Waals surface area contributed by atoms with Crippen LogP contribution in [-0.4, -0.2) is 21.3 Å². The molecule has 9 heteroatoms. The molecule has 162 valence electrons. The monoisotopic (exact) mass is 436 g/mol. The fourth-order valence-electron chi connectivity index (χ4n) is 6.63. The smallest absolute Gasteiger partial charge is 0.302 e. The van der Waals surface area contributed by atoms with Gasteiger partial charge >= 0.3 is 15.6 Å². The second-order valence-corrected chi connectivity index (χ2v) is 12.6. The molecule has 0 bridgehead atoms. The summed E-state index contributed by atoms with van der Waals surface area (Å²) in [5.74, 6) is 2.15. The van der Waals surface area contributed by atoms with Crippen LogP contribution in [0, 0.1) is 28.6 Å². The lowest BCUT2D eigenvalue weighted by Crippen LogP contribution is -2.52. The second kappa shape index (κ2) is 7.92. The Kier molecular flexibility index (Phi) is 6.42. The van der Waals surface area contributed by atoms with Crippen molar-refractivity contribution in [2.75, 3.05) is 6.61 Å². The van der Waals surface area contributed by atoms with Crippen molar-refractivity contribution < 1.29 is 32.6 Å². The van der Waals surface area contributed by atoms with Gasteiger partial charge < -0.3 is 14.7 Å². The van der Waals surface area contributed by atoms with Crippen LogP contribution >= 0.6 is 15.6 Å². The summed E-state index contributed by atoms with van der Waals surface area (Å²) >= 11 is 0. The first-order chi connectivity index (χ1) is 12.8. The first kappa shape index (κ1) is 22.7. The van der Waals surface area contributed by atoms with Crippen molar-refractivity contribution in [3.63, 3.8) is 0 Å². The van der Waals surface area contributed by atoms with Crippen molar-refractivity contribution in [1.29, 1.82) is 0 Å². The zero-order chi connectivity index (χ0) is 20.8. The lowest BCUT2D eigenvalue weighted by molar-refractivity contribution is -0.104. The van der Waals surface area contributed by atoms with Gasteiger partial charge in [0.1, 0.15) is 0 Å². The summed E-state index contributed by atoms with van der Waals surface area (Å²) in [5, 5.41) is 0. The largest absolute Gasteiger partial charge is 0.481 e. The van der Waals surface area contributed by atoms with Crippen molar-refractivity contribution in [2.24, 2.45) is 28.6 Å². The molecule has 3 aliphatic rings. The second-order valence-electron chi connectivity index (χ2n) is 9.79. The van der Waals surface area contributed by atoms with E-state index in [-0.39, 0.29) is 6.61 Å². The van der Waals surface area contributed by atoms with Crippen molar-refractivity contribution in [1.82, 2.24) is 0 Å². The fourth-order valence-corrected chi connectivity index (χ4v) is 8.16. The summed E-state index contributed by atoms with van der Waals surface area (Å²) < 4.78 is 30.8. The molecule has 0 heterocycles. The maximum absolute atomic E-state index is 11.5. The third-order valence-corrected chi connectivity index (χ3v) is 9.79. The van der Waals surface area contributed by atoms with E-state index in [0.29, 0.717) is 16.7 Å². The molecule has 3 fully saturated rings. The molecule has 0 spiro atoms. The molecule has 0 aromatic heterocycles. The van der Waals surface area contributed by atoms with Gasteiger partial charge in [0.05, 0.1) is 6.61 Å². The number of rotatable bonds is 5. The number of phosphoric acid groups is 2. The van der Waals surface area contributed by atoms with E-state index in [9.17, 15) is 14.0 Å². The van der Waals surface area contributed by atoms with E-state index in [1.165, 1.54) is 37.7 Å². The summed E-state index contributed by atoms with van der Waals surface area (Å²) in [6.07, 6.45) is 11.3. The molecule has 0 radical (unpaired) electrons. The van der Waals surface area contributed by atoms with E-state index in [0.717, 1.165) is 31.1 Å². The maximum Gasteiger partial charge on any atom is 0.481 e. The topological polar surface area (TPSA) is 113 Å². The summed E-state index contributed by atoms with van der Waals surface area (Å²) in [6, 6.07) is 0. The van der Waals surface area contributed by atoms with Crippen LogP contribution in [0.1, 0.15) is 72.1 Å². The Balaban J connectivity index is 1.61. The molecule has 3 saturated carbocycles. The van der Waals surface area contributed by atoms with Gasteiger partial charge in [-0.3, -0.25) is 4.52 Å². The zero-order valence-electron chi connectivity index (χ0n) is 17.0. The first-order valence-electron chi connectivity index (χ1n) is 10.2. The van der Waals surface area contributed by atoms with Gasteiger partial charge in [0.2, 0.25) is 0 Å². The van der Waals surface area contributed by atoms with E-state index in [1.807, 2.05) is 0 Å². The van der Waals surface area contributed by atoms with Crippen LogP contribution in [0.15, 0.2) is 11.6 Å². The third-order valence-electron chi connectivity index (χ3n) is 7.64. The number of phosphoric ester groups is 1. The molecule has 0 saturated heterocycles. The Morgan fingerprint density at radius 1 is 1.11 bits per heavy atom. The SMILES string of the molecule is CC1(C)CCC[C@@]2(C)[C@@H]3CC/C(=C/COP(=O)(O)OP(=O)(O)O)CC3CC[C@H]12. The molecular formula is C19H34O7P2. The van der Waals surface area contributed by atoms with Gasteiger partial charge in [-0.15, -0.1) is 0 Å². The van der Waals surface area contributed by atoms with Gasteiger partial charge in [-0.2, -0.15) is 4.31 Å². The lowest BCUT2D eigenvalue weighted by atomic mass is 9.44.